The molecule has 0 radical (unpaired) electrons. The lowest BCUT2D eigenvalue weighted by Gasteiger charge is -2.14. The summed E-state index contributed by atoms with van der Waals surface area (Å²) in [7, 11) is 0. The minimum absolute atomic E-state index is 0.245. The van der Waals surface area contributed by atoms with Gasteiger partial charge in [-0.25, -0.2) is 4.79 Å². The molecule has 0 aliphatic heterocycles. The van der Waals surface area contributed by atoms with Crippen LogP contribution in [0.1, 0.15) is 19.4 Å². The van der Waals surface area contributed by atoms with Crippen molar-refractivity contribution in [3.8, 4) is 0 Å². The molecular weight excluding hydrogens is 298 g/mol. The molecule has 18 heavy (non-hydrogen) atoms. The van der Waals surface area contributed by atoms with Crippen molar-refractivity contribution in [1.82, 2.24) is 5.32 Å². The fourth-order valence-corrected chi connectivity index (χ4v) is 1.71. The lowest BCUT2D eigenvalue weighted by atomic mass is 10.1. The van der Waals surface area contributed by atoms with Crippen LogP contribution in [0.2, 0.25) is 0 Å². The number of carbonyl (C=O) groups excluding carboxylic acids is 2. The van der Waals surface area contributed by atoms with E-state index in [0.717, 1.165) is 10.0 Å². The molecule has 0 spiro atoms. The van der Waals surface area contributed by atoms with E-state index in [1.165, 1.54) is 6.92 Å². The first kappa shape index (κ1) is 14.9. The molecule has 0 heterocycles. The Kier molecular flexibility index (Phi) is 6.01. The zero-order chi connectivity index (χ0) is 13.5. The highest BCUT2D eigenvalue weighted by atomic mass is 79.9. The first-order chi connectivity index (χ1) is 8.54. The molecule has 0 aromatic heterocycles. The second-order valence-corrected chi connectivity index (χ2v) is 4.72. The van der Waals surface area contributed by atoms with Gasteiger partial charge < -0.3 is 4.74 Å². The van der Waals surface area contributed by atoms with Gasteiger partial charge in [-0.2, -0.15) is 0 Å². The van der Waals surface area contributed by atoms with Gasteiger partial charge >= 0.3 is 5.97 Å². The van der Waals surface area contributed by atoms with Gasteiger partial charge in [0.1, 0.15) is 0 Å². The fourth-order valence-electron chi connectivity index (χ4n) is 1.44. The highest BCUT2D eigenvalue weighted by Crippen LogP contribution is 2.10. The molecule has 98 valence electrons. The molecule has 1 aromatic carbocycles. The van der Waals surface area contributed by atoms with Gasteiger partial charge in [-0.15, -0.1) is 0 Å². The normalized spacial score (nSPS) is 11.9. The van der Waals surface area contributed by atoms with Crippen molar-refractivity contribution in [1.29, 1.82) is 0 Å². The summed E-state index contributed by atoms with van der Waals surface area (Å²) in [5.41, 5.74) is 0.994. The lowest BCUT2D eigenvalue weighted by molar-refractivity contribution is -0.148. The van der Waals surface area contributed by atoms with Crippen molar-refractivity contribution in [2.45, 2.75) is 26.4 Å². The maximum absolute atomic E-state index is 11.5. The SMILES string of the molecule is CCOC(=O)C(NCc1ccc(Br)cc1)C(C)=O. The van der Waals surface area contributed by atoms with E-state index >= 15 is 0 Å². The maximum atomic E-state index is 11.5. The highest BCUT2D eigenvalue weighted by molar-refractivity contribution is 9.10. The number of Topliss-reactive ketones (excluding diaryl/α,β-unsaturated/α-hetero) is 1. The van der Waals surface area contributed by atoms with Crippen molar-refractivity contribution in [2.75, 3.05) is 6.61 Å². The number of nitrogens with one attached hydrogen (secondary N) is 1. The summed E-state index contributed by atoms with van der Waals surface area (Å²) in [6.45, 7) is 3.79. The van der Waals surface area contributed by atoms with Crippen LogP contribution in [-0.4, -0.2) is 24.4 Å². The van der Waals surface area contributed by atoms with Crippen LogP contribution in [0.5, 0.6) is 0 Å². The zero-order valence-corrected chi connectivity index (χ0v) is 12.0. The summed E-state index contributed by atoms with van der Waals surface area (Å²) >= 11 is 3.34. The van der Waals surface area contributed by atoms with Crippen LogP contribution in [0, 0.1) is 0 Å². The van der Waals surface area contributed by atoms with Crippen LogP contribution in [0.15, 0.2) is 28.7 Å². The standard InChI is InChI=1S/C13H16BrNO3/c1-3-18-13(17)12(9(2)16)15-8-10-4-6-11(14)7-5-10/h4-7,12,15H,3,8H2,1-2H3. The predicted octanol–water partition coefficient (Wildman–Crippen LogP) is 2.06. The first-order valence-corrected chi connectivity index (χ1v) is 6.48. The van der Waals surface area contributed by atoms with E-state index in [1.54, 1.807) is 6.92 Å². The third-order valence-electron chi connectivity index (χ3n) is 2.35. The predicted molar refractivity (Wildman–Crippen MR) is 72.1 cm³/mol. The minimum atomic E-state index is -0.895. The van der Waals surface area contributed by atoms with E-state index < -0.39 is 12.0 Å². The summed E-state index contributed by atoms with van der Waals surface area (Å²) in [6.07, 6.45) is 0. The second kappa shape index (κ2) is 7.28. The Morgan fingerprint density at radius 1 is 1.33 bits per heavy atom. The van der Waals surface area contributed by atoms with Crippen LogP contribution >= 0.6 is 15.9 Å². The Morgan fingerprint density at radius 2 is 1.94 bits per heavy atom. The van der Waals surface area contributed by atoms with Crippen LogP contribution in [0.3, 0.4) is 0 Å². The van der Waals surface area contributed by atoms with Gasteiger partial charge in [-0.05, 0) is 31.5 Å². The molecule has 1 rings (SSSR count). The minimum Gasteiger partial charge on any atom is -0.464 e. The molecule has 1 aromatic rings. The second-order valence-electron chi connectivity index (χ2n) is 3.80. The zero-order valence-electron chi connectivity index (χ0n) is 10.4. The van der Waals surface area contributed by atoms with Gasteiger partial charge in [-0.1, -0.05) is 28.1 Å². The number of hydrogen-bond donors (Lipinski definition) is 1. The quantitative estimate of drug-likeness (QED) is 0.645. The molecule has 0 saturated heterocycles. The van der Waals surface area contributed by atoms with E-state index in [2.05, 4.69) is 21.2 Å². The number of benzene rings is 1. The van der Waals surface area contributed by atoms with Gasteiger partial charge in [0.05, 0.1) is 6.61 Å². The van der Waals surface area contributed by atoms with Crippen molar-refractivity contribution < 1.29 is 14.3 Å². The Balaban J connectivity index is 2.59. The van der Waals surface area contributed by atoms with E-state index in [1.807, 2.05) is 24.3 Å². The number of rotatable bonds is 6. The van der Waals surface area contributed by atoms with Gasteiger partial charge in [0.15, 0.2) is 11.8 Å². The molecule has 0 aliphatic carbocycles. The topological polar surface area (TPSA) is 55.4 Å². The lowest BCUT2D eigenvalue weighted by Crippen LogP contribution is -2.43. The molecule has 1 N–H and O–H groups in total. The Hall–Kier alpha value is -1.20. The van der Waals surface area contributed by atoms with E-state index in [4.69, 9.17) is 4.74 Å². The molecule has 0 bridgehead atoms. The van der Waals surface area contributed by atoms with Crippen molar-refractivity contribution in [2.24, 2.45) is 0 Å². The first-order valence-electron chi connectivity index (χ1n) is 5.69. The van der Waals surface area contributed by atoms with Crippen LogP contribution in [0.4, 0.5) is 0 Å². The Morgan fingerprint density at radius 3 is 2.44 bits per heavy atom. The molecule has 5 heteroatoms. The molecule has 0 amide bonds. The van der Waals surface area contributed by atoms with E-state index in [0.29, 0.717) is 6.54 Å². The summed E-state index contributed by atoms with van der Waals surface area (Å²) in [4.78, 5) is 22.9. The molecule has 0 aliphatic rings. The van der Waals surface area contributed by atoms with Gasteiger partial charge in [0, 0.05) is 11.0 Å². The highest BCUT2D eigenvalue weighted by Gasteiger charge is 2.23. The van der Waals surface area contributed by atoms with Crippen molar-refractivity contribution in [3.05, 3.63) is 34.3 Å². The average molecular weight is 314 g/mol. The summed E-state index contributed by atoms with van der Waals surface area (Å²) in [6, 6.07) is 6.75. The maximum Gasteiger partial charge on any atom is 0.330 e. The third-order valence-corrected chi connectivity index (χ3v) is 2.88. The summed E-state index contributed by atoms with van der Waals surface area (Å²) < 4.78 is 5.83. The molecule has 1 unspecified atom stereocenters. The number of carbonyl (C=O) groups is 2. The molecule has 0 saturated carbocycles. The number of ketones is 1. The smallest absolute Gasteiger partial charge is 0.330 e. The van der Waals surface area contributed by atoms with Crippen LogP contribution in [0.25, 0.3) is 0 Å². The average Bonchev–Trinajstić information content (AvgIpc) is 2.31. The van der Waals surface area contributed by atoms with E-state index in [9.17, 15) is 9.59 Å². The molecule has 0 fully saturated rings. The molecule has 1 atom stereocenters. The monoisotopic (exact) mass is 313 g/mol. The Bertz CT molecular complexity index is 417. The Labute approximate surface area is 115 Å². The van der Waals surface area contributed by atoms with Crippen LogP contribution < -0.4 is 5.32 Å². The number of halogens is 1. The summed E-state index contributed by atoms with van der Waals surface area (Å²) in [5.74, 6) is -0.771. The van der Waals surface area contributed by atoms with Gasteiger partial charge in [0.2, 0.25) is 0 Å². The van der Waals surface area contributed by atoms with E-state index in [-0.39, 0.29) is 12.4 Å². The summed E-state index contributed by atoms with van der Waals surface area (Å²) in [5, 5.41) is 2.90. The largest absolute Gasteiger partial charge is 0.464 e. The molecule has 4 nitrogen and oxygen atoms in total. The van der Waals surface area contributed by atoms with Crippen LogP contribution in [-0.2, 0) is 20.9 Å². The molecular formula is C13H16BrNO3. The third kappa shape index (κ3) is 4.58. The fraction of sp³-hybridized carbons (Fsp3) is 0.385. The van der Waals surface area contributed by atoms with Gasteiger partial charge in [0.25, 0.3) is 0 Å². The number of ether oxygens (including phenoxy) is 1. The number of esters is 1. The van der Waals surface area contributed by atoms with Gasteiger partial charge in [-0.3, -0.25) is 10.1 Å². The number of hydrogen-bond acceptors (Lipinski definition) is 4. The van der Waals surface area contributed by atoms with Crippen molar-refractivity contribution in [3.63, 3.8) is 0 Å². The van der Waals surface area contributed by atoms with Crippen molar-refractivity contribution >= 4 is 27.7 Å².